The van der Waals surface area contributed by atoms with Crippen LogP contribution >= 0.6 is 24.2 Å². The first-order valence-electron chi connectivity index (χ1n) is 3.59. The Morgan fingerprint density at radius 2 is 2.00 bits per heavy atom. The molecule has 2 rings (SSSR count). The van der Waals surface area contributed by atoms with Crippen molar-refractivity contribution in [3.63, 3.8) is 0 Å². The number of hydrogen-bond acceptors (Lipinski definition) is 4. The van der Waals surface area contributed by atoms with Gasteiger partial charge in [0.25, 0.3) is 0 Å². The summed E-state index contributed by atoms with van der Waals surface area (Å²) in [5, 5.41) is 4.77. The maximum Gasteiger partial charge on any atom is 0.187 e. The zero-order valence-electron chi connectivity index (χ0n) is 6.43. The number of thioether (sulfide) groups is 1. The van der Waals surface area contributed by atoms with Gasteiger partial charge in [0.05, 0.1) is 0 Å². The van der Waals surface area contributed by atoms with E-state index in [0.29, 0.717) is 5.25 Å². The minimum atomic E-state index is 0. The lowest BCUT2D eigenvalue weighted by Gasteiger charge is -2.25. The first kappa shape index (κ1) is 9.77. The Morgan fingerprint density at radius 3 is 2.50 bits per heavy atom. The molecule has 1 aliphatic heterocycles. The molecule has 0 saturated carbocycles. The quantitative estimate of drug-likeness (QED) is 0.727. The summed E-state index contributed by atoms with van der Waals surface area (Å²) in [6.45, 7) is 2.17. The first-order chi connectivity index (χ1) is 5.45. The predicted molar refractivity (Wildman–Crippen MR) is 51.8 cm³/mol. The Morgan fingerprint density at radius 1 is 1.33 bits per heavy atom. The fraction of sp³-hybridized carbons (Fsp3) is 0.429. The van der Waals surface area contributed by atoms with Crippen molar-refractivity contribution in [1.82, 2.24) is 15.3 Å². The molecule has 2 heterocycles. The van der Waals surface area contributed by atoms with E-state index < -0.39 is 0 Å². The molecule has 5 heteroatoms. The molecule has 1 saturated heterocycles. The first-order valence-corrected chi connectivity index (χ1v) is 4.47. The third kappa shape index (κ3) is 2.33. The fourth-order valence-corrected chi connectivity index (χ4v) is 1.78. The van der Waals surface area contributed by atoms with Gasteiger partial charge in [-0.25, -0.2) is 9.97 Å². The Labute approximate surface area is 81.8 Å². The molecule has 0 aliphatic carbocycles. The Hall–Kier alpha value is -0.320. The van der Waals surface area contributed by atoms with Gasteiger partial charge >= 0.3 is 0 Å². The van der Waals surface area contributed by atoms with E-state index in [1.165, 1.54) is 0 Å². The van der Waals surface area contributed by atoms with E-state index in [0.717, 1.165) is 18.2 Å². The van der Waals surface area contributed by atoms with Crippen LogP contribution in [0.15, 0.2) is 23.6 Å². The Balaban J connectivity index is 0.000000720. The summed E-state index contributed by atoms with van der Waals surface area (Å²) < 4.78 is 0. The molecule has 1 fully saturated rings. The monoisotopic (exact) mass is 203 g/mol. The van der Waals surface area contributed by atoms with E-state index in [9.17, 15) is 0 Å². The van der Waals surface area contributed by atoms with E-state index in [-0.39, 0.29) is 12.4 Å². The number of rotatable bonds is 2. The van der Waals surface area contributed by atoms with Gasteiger partial charge in [0.1, 0.15) is 0 Å². The zero-order chi connectivity index (χ0) is 7.52. The number of hydrogen-bond donors (Lipinski definition) is 1. The van der Waals surface area contributed by atoms with E-state index in [1.54, 1.807) is 24.2 Å². The van der Waals surface area contributed by atoms with Gasteiger partial charge in [-0.15, -0.1) is 12.4 Å². The van der Waals surface area contributed by atoms with Crippen molar-refractivity contribution >= 4 is 24.2 Å². The van der Waals surface area contributed by atoms with Gasteiger partial charge in [-0.3, -0.25) is 0 Å². The van der Waals surface area contributed by atoms with Crippen LogP contribution in [0.3, 0.4) is 0 Å². The highest BCUT2D eigenvalue weighted by atomic mass is 35.5. The average Bonchev–Trinajstić information content (AvgIpc) is 1.99. The predicted octanol–water partition coefficient (Wildman–Crippen LogP) is 0.962. The number of nitrogens with zero attached hydrogens (tertiary/aromatic N) is 2. The molecule has 0 spiro atoms. The van der Waals surface area contributed by atoms with Crippen LogP contribution in [0.2, 0.25) is 0 Å². The van der Waals surface area contributed by atoms with Crippen LogP contribution in [0.5, 0.6) is 0 Å². The summed E-state index contributed by atoms with van der Waals surface area (Å²) in [6, 6.07) is 1.84. The van der Waals surface area contributed by atoms with Crippen molar-refractivity contribution in [2.24, 2.45) is 0 Å². The molecule has 1 aromatic heterocycles. The van der Waals surface area contributed by atoms with E-state index in [2.05, 4.69) is 15.3 Å². The Bertz CT molecular complexity index is 227. The molecular formula is C7H10ClN3S. The van der Waals surface area contributed by atoms with Crippen LogP contribution in [0.1, 0.15) is 0 Å². The van der Waals surface area contributed by atoms with Crippen molar-refractivity contribution in [2.45, 2.75) is 10.4 Å². The second-order valence-corrected chi connectivity index (χ2v) is 3.70. The molecule has 1 aromatic rings. The molecule has 0 amide bonds. The van der Waals surface area contributed by atoms with E-state index in [4.69, 9.17) is 0 Å². The second kappa shape index (κ2) is 4.64. The maximum absolute atomic E-state index is 4.12. The van der Waals surface area contributed by atoms with Crippen LogP contribution in [0.4, 0.5) is 0 Å². The average molecular weight is 204 g/mol. The van der Waals surface area contributed by atoms with Crippen LogP contribution in [0, 0.1) is 0 Å². The van der Waals surface area contributed by atoms with Gasteiger partial charge in [-0.05, 0) is 6.07 Å². The van der Waals surface area contributed by atoms with Crippen LogP contribution in [0.25, 0.3) is 0 Å². The molecule has 12 heavy (non-hydrogen) atoms. The lowest BCUT2D eigenvalue weighted by atomic mass is 10.3. The third-order valence-corrected chi connectivity index (χ3v) is 2.65. The molecule has 0 unspecified atom stereocenters. The van der Waals surface area contributed by atoms with Gasteiger partial charge in [-0.1, -0.05) is 11.8 Å². The smallest absolute Gasteiger partial charge is 0.187 e. The second-order valence-electron chi connectivity index (χ2n) is 2.43. The van der Waals surface area contributed by atoms with Crippen molar-refractivity contribution in [3.8, 4) is 0 Å². The molecule has 66 valence electrons. The fourth-order valence-electron chi connectivity index (χ4n) is 0.841. The van der Waals surface area contributed by atoms with Crippen molar-refractivity contribution in [2.75, 3.05) is 13.1 Å². The van der Waals surface area contributed by atoms with Crippen molar-refractivity contribution in [3.05, 3.63) is 18.5 Å². The third-order valence-electron chi connectivity index (χ3n) is 1.56. The minimum absolute atomic E-state index is 0. The van der Waals surface area contributed by atoms with Crippen LogP contribution < -0.4 is 5.32 Å². The molecule has 0 aromatic carbocycles. The number of aromatic nitrogens is 2. The highest BCUT2D eigenvalue weighted by Gasteiger charge is 2.18. The van der Waals surface area contributed by atoms with Gasteiger partial charge in [-0.2, -0.15) is 0 Å². The van der Waals surface area contributed by atoms with Gasteiger partial charge in [0.15, 0.2) is 5.16 Å². The van der Waals surface area contributed by atoms with E-state index in [1.807, 2.05) is 6.07 Å². The van der Waals surface area contributed by atoms with Gasteiger partial charge in [0, 0.05) is 30.7 Å². The van der Waals surface area contributed by atoms with Crippen molar-refractivity contribution < 1.29 is 0 Å². The zero-order valence-corrected chi connectivity index (χ0v) is 8.07. The van der Waals surface area contributed by atoms with Crippen LogP contribution in [-0.2, 0) is 0 Å². The molecule has 0 bridgehead atoms. The molecule has 0 radical (unpaired) electrons. The summed E-state index contributed by atoms with van der Waals surface area (Å²) >= 11 is 1.75. The van der Waals surface area contributed by atoms with Crippen molar-refractivity contribution in [1.29, 1.82) is 0 Å². The SMILES string of the molecule is Cl.c1cnc(SC2CNC2)nc1. The topological polar surface area (TPSA) is 37.8 Å². The lowest BCUT2D eigenvalue weighted by molar-refractivity contribution is 0.542. The molecule has 1 N–H and O–H groups in total. The molecule has 0 atom stereocenters. The summed E-state index contributed by atoms with van der Waals surface area (Å²) in [5.41, 5.74) is 0. The highest BCUT2D eigenvalue weighted by molar-refractivity contribution is 7.99. The lowest BCUT2D eigenvalue weighted by Crippen LogP contribution is -2.44. The standard InChI is InChI=1S/C7H9N3S.ClH/c1-2-9-7(10-3-1)11-6-4-8-5-6;/h1-3,6,8H,4-5H2;1H. The minimum Gasteiger partial charge on any atom is -0.314 e. The number of nitrogens with one attached hydrogen (secondary N) is 1. The number of halogens is 1. The Kier molecular flexibility index (Phi) is 3.78. The molecule has 1 aliphatic rings. The normalized spacial score (nSPS) is 16.3. The van der Waals surface area contributed by atoms with Gasteiger partial charge in [0.2, 0.25) is 0 Å². The van der Waals surface area contributed by atoms with E-state index >= 15 is 0 Å². The van der Waals surface area contributed by atoms with Gasteiger partial charge < -0.3 is 5.32 Å². The molecule has 3 nitrogen and oxygen atoms in total. The summed E-state index contributed by atoms with van der Waals surface area (Å²) in [6.07, 6.45) is 3.56. The summed E-state index contributed by atoms with van der Waals surface area (Å²) in [7, 11) is 0. The summed E-state index contributed by atoms with van der Waals surface area (Å²) in [5.74, 6) is 0. The maximum atomic E-state index is 4.12. The highest BCUT2D eigenvalue weighted by Crippen LogP contribution is 2.20. The largest absolute Gasteiger partial charge is 0.314 e. The van der Waals surface area contributed by atoms with Crippen LogP contribution in [-0.4, -0.2) is 28.3 Å². The summed E-state index contributed by atoms with van der Waals surface area (Å²) in [4.78, 5) is 8.25. The molecular weight excluding hydrogens is 194 g/mol.